The van der Waals surface area contributed by atoms with Crippen LogP contribution in [0.3, 0.4) is 0 Å². The molecule has 0 heterocycles. The molecule has 2 aromatic carbocycles. The number of nitriles is 1. The maximum atomic E-state index is 12.5. The van der Waals surface area contributed by atoms with Crippen molar-refractivity contribution in [2.24, 2.45) is 5.73 Å². The Morgan fingerprint density at radius 3 is 2.67 bits per heavy atom. The van der Waals surface area contributed by atoms with Gasteiger partial charge < -0.3 is 15.7 Å². The molecule has 2 aromatic rings. The Bertz CT molecular complexity index is 830. The van der Waals surface area contributed by atoms with Crippen LogP contribution in [0.15, 0.2) is 30.3 Å². The molecule has 0 saturated heterocycles. The van der Waals surface area contributed by atoms with E-state index >= 15 is 0 Å². The number of phenols is 1. The highest BCUT2D eigenvalue weighted by molar-refractivity contribution is 8.14. The zero-order valence-corrected chi connectivity index (χ0v) is 14.0. The summed E-state index contributed by atoms with van der Waals surface area (Å²) in [6, 6.07) is 10.3. The summed E-state index contributed by atoms with van der Waals surface area (Å²) < 4.78 is 0. The molecule has 124 valence electrons. The van der Waals surface area contributed by atoms with Crippen LogP contribution in [0.4, 0.5) is 10.5 Å². The number of benzene rings is 2. The van der Waals surface area contributed by atoms with Crippen molar-refractivity contribution in [2.75, 3.05) is 17.2 Å². The van der Waals surface area contributed by atoms with E-state index in [9.17, 15) is 14.7 Å². The van der Waals surface area contributed by atoms with Gasteiger partial charge in [-0.2, -0.15) is 5.26 Å². The number of nitrogens with two attached hydrogens (primary N) is 1. The van der Waals surface area contributed by atoms with E-state index in [0.717, 1.165) is 18.2 Å². The third-order valence-corrected chi connectivity index (χ3v) is 4.32. The number of amides is 2. The number of fused-ring (bicyclic) bond motifs is 1. The molecule has 0 unspecified atom stereocenters. The van der Waals surface area contributed by atoms with Gasteiger partial charge in [-0.1, -0.05) is 36.9 Å². The summed E-state index contributed by atoms with van der Waals surface area (Å²) in [5.41, 5.74) is 5.90. The molecule has 0 bridgehead atoms. The highest BCUT2D eigenvalue weighted by Gasteiger charge is 2.19. The number of nitrogens with zero attached hydrogens (tertiary/aromatic N) is 2. The van der Waals surface area contributed by atoms with Crippen LogP contribution >= 0.6 is 11.8 Å². The maximum absolute atomic E-state index is 12.5. The summed E-state index contributed by atoms with van der Waals surface area (Å²) in [5.74, 6) is -0.752. The summed E-state index contributed by atoms with van der Waals surface area (Å²) in [6.45, 7) is 2.40. The van der Waals surface area contributed by atoms with E-state index in [-0.39, 0.29) is 22.3 Å². The van der Waals surface area contributed by atoms with Crippen LogP contribution in [0.5, 0.6) is 5.75 Å². The summed E-state index contributed by atoms with van der Waals surface area (Å²) in [5, 5.41) is 20.1. The van der Waals surface area contributed by atoms with Crippen molar-refractivity contribution in [1.82, 2.24) is 0 Å². The minimum Gasteiger partial charge on any atom is -0.506 e. The molecule has 0 fully saturated rings. The Hall–Kier alpha value is -2.72. The molecule has 0 spiro atoms. The summed E-state index contributed by atoms with van der Waals surface area (Å²) in [4.78, 5) is 24.9. The Balaban J connectivity index is 2.51. The number of primary amides is 1. The van der Waals surface area contributed by atoms with Gasteiger partial charge in [-0.3, -0.25) is 9.59 Å². The van der Waals surface area contributed by atoms with Gasteiger partial charge in [0.2, 0.25) is 5.91 Å². The molecule has 3 N–H and O–H groups in total. The third-order valence-electron chi connectivity index (χ3n) is 3.43. The van der Waals surface area contributed by atoms with Crippen molar-refractivity contribution >= 4 is 39.4 Å². The minimum absolute atomic E-state index is 0.0896. The van der Waals surface area contributed by atoms with Crippen LogP contribution in [-0.4, -0.2) is 28.6 Å². The van der Waals surface area contributed by atoms with Crippen LogP contribution in [-0.2, 0) is 4.79 Å². The average Bonchev–Trinajstić information content (AvgIpc) is 2.57. The summed E-state index contributed by atoms with van der Waals surface area (Å²) >= 11 is 0.845. The van der Waals surface area contributed by atoms with Crippen molar-refractivity contribution in [3.8, 4) is 11.8 Å². The number of rotatable bonds is 5. The van der Waals surface area contributed by atoms with Gasteiger partial charge in [-0.05, 0) is 18.6 Å². The zero-order chi connectivity index (χ0) is 17.7. The van der Waals surface area contributed by atoms with E-state index in [0.29, 0.717) is 23.0 Å². The molecule has 2 amide bonds. The van der Waals surface area contributed by atoms with Crippen molar-refractivity contribution in [3.05, 3.63) is 35.9 Å². The molecule has 24 heavy (non-hydrogen) atoms. The smallest absolute Gasteiger partial charge is 0.286 e. The molecule has 7 heteroatoms. The maximum Gasteiger partial charge on any atom is 0.286 e. The lowest BCUT2D eigenvalue weighted by Crippen LogP contribution is -2.29. The number of carbonyl (C=O) groups is 2. The van der Waals surface area contributed by atoms with E-state index < -0.39 is 5.91 Å². The molecule has 0 radical (unpaired) electrons. The largest absolute Gasteiger partial charge is 0.506 e. The van der Waals surface area contributed by atoms with Gasteiger partial charge in [0, 0.05) is 17.3 Å². The first-order valence-corrected chi connectivity index (χ1v) is 8.35. The Kier molecular flexibility index (Phi) is 5.66. The zero-order valence-electron chi connectivity index (χ0n) is 13.2. The summed E-state index contributed by atoms with van der Waals surface area (Å²) in [7, 11) is 0. The number of thioether (sulfide) groups is 1. The fourth-order valence-corrected chi connectivity index (χ4v) is 3.01. The monoisotopic (exact) mass is 343 g/mol. The first-order valence-electron chi connectivity index (χ1n) is 7.37. The van der Waals surface area contributed by atoms with Gasteiger partial charge in [0.1, 0.15) is 11.8 Å². The highest BCUT2D eigenvalue weighted by Crippen LogP contribution is 2.35. The number of hydrogen-bond acceptors (Lipinski definition) is 5. The fraction of sp³-hybridized carbons (Fsp3) is 0.235. The number of hydrogen-bond donors (Lipinski definition) is 2. The quantitative estimate of drug-likeness (QED) is 0.868. The molecule has 6 nitrogen and oxygen atoms in total. The second-order valence-corrected chi connectivity index (χ2v) is 6.04. The lowest BCUT2D eigenvalue weighted by Gasteiger charge is -2.23. The van der Waals surface area contributed by atoms with Gasteiger partial charge >= 0.3 is 0 Å². The molecule has 0 aromatic heterocycles. The molecule has 0 aliphatic rings. The van der Waals surface area contributed by atoms with Crippen molar-refractivity contribution < 1.29 is 14.7 Å². The van der Waals surface area contributed by atoms with E-state index in [1.165, 1.54) is 6.07 Å². The number of carbonyl (C=O) groups excluding carboxylic acids is 2. The normalized spacial score (nSPS) is 10.3. The first kappa shape index (κ1) is 17.6. The fourth-order valence-electron chi connectivity index (χ4n) is 2.40. The topological polar surface area (TPSA) is 107 Å². The standard InChI is InChI=1S/C17H17N3O3S/c1-2-8-20(17(23)24-10-15(19)21)14-5-3-4-13-12(14)7-6-11(9-18)16(13)22/h3-7,22H,2,8,10H2,1H3,(H2,19,21). The van der Waals surface area contributed by atoms with Crippen molar-refractivity contribution in [1.29, 1.82) is 5.26 Å². The molecular formula is C17H17N3O3S. The molecule has 0 atom stereocenters. The number of aromatic hydroxyl groups is 1. The third kappa shape index (κ3) is 3.60. The number of phenolic OH excluding ortho intramolecular Hbond substituents is 1. The second-order valence-electron chi connectivity index (χ2n) is 5.12. The van der Waals surface area contributed by atoms with Crippen molar-refractivity contribution in [3.63, 3.8) is 0 Å². The lowest BCUT2D eigenvalue weighted by molar-refractivity contribution is -0.115. The van der Waals surface area contributed by atoms with Crippen molar-refractivity contribution in [2.45, 2.75) is 13.3 Å². The van der Waals surface area contributed by atoms with Gasteiger partial charge in [0.05, 0.1) is 17.0 Å². The van der Waals surface area contributed by atoms with E-state index in [1.54, 1.807) is 29.2 Å². The van der Waals surface area contributed by atoms with Crippen LogP contribution < -0.4 is 10.6 Å². The molecule has 0 aliphatic heterocycles. The highest BCUT2D eigenvalue weighted by atomic mass is 32.2. The minimum atomic E-state index is -0.556. The van der Waals surface area contributed by atoms with Gasteiger partial charge in [-0.15, -0.1) is 0 Å². The average molecular weight is 343 g/mol. The molecule has 0 saturated carbocycles. The Labute approximate surface area is 143 Å². The van der Waals surface area contributed by atoms with Crippen LogP contribution in [0.25, 0.3) is 10.8 Å². The SMILES string of the molecule is CCCN(C(=O)SCC(N)=O)c1cccc2c(O)c(C#N)ccc12. The van der Waals surface area contributed by atoms with E-state index in [4.69, 9.17) is 11.0 Å². The molecule has 2 rings (SSSR count). The van der Waals surface area contributed by atoms with Gasteiger partial charge in [-0.25, -0.2) is 0 Å². The summed E-state index contributed by atoms with van der Waals surface area (Å²) in [6.07, 6.45) is 0.724. The predicted molar refractivity (Wildman–Crippen MR) is 95.0 cm³/mol. The van der Waals surface area contributed by atoms with Crippen LogP contribution in [0.2, 0.25) is 0 Å². The number of anilines is 1. The second kappa shape index (κ2) is 7.70. The van der Waals surface area contributed by atoms with E-state index in [2.05, 4.69) is 0 Å². The molecular weight excluding hydrogens is 326 g/mol. The van der Waals surface area contributed by atoms with Gasteiger partial charge in [0.15, 0.2) is 0 Å². The van der Waals surface area contributed by atoms with Crippen LogP contribution in [0.1, 0.15) is 18.9 Å². The predicted octanol–water partition coefficient (Wildman–Crippen LogP) is 2.97. The lowest BCUT2D eigenvalue weighted by atomic mass is 10.0. The Morgan fingerprint density at radius 2 is 2.04 bits per heavy atom. The van der Waals surface area contributed by atoms with Crippen LogP contribution in [0, 0.1) is 11.3 Å². The first-order chi connectivity index (χ1) is 11.5. The van der Waals surface area contributed by atoms with E-state index in [1.807, 2.05) is 13.0 Å². The Morgan fingerprint density at radius 1 is 1.29 bits per heavy atom. The molecule has 0 aliphatic carbocycles. The van der Waals surface area contributed by atoms with Gasteiger partial charge in [0.25, 0.3) is 5.24 Å².